The van der Waals surface area contributed by atoms with Gasteiger partial charge in [0.2, 0.25) is 5.91 Å². The fourth-order valence-electron chi connectivity index (χ4n) is 2.93. The Bertz CT molecular complexity index is 707. The molecule has 2 unspecified atom stereocenters. The number of nitrogens with zero attached hydrogens (tertiary/aromatic N) is 1. The van der Waals surface area contributed by atoms with Gasteiger partial charge in [0.05, 0.1) is 12.1 Å². The van der Waals surface area contributed by atoms with Crippen LogP contribution in [0.4, 0.5) is 5.69 Å². The number of carbonyl (C=O) groups is 1. The number of thiazole rings is 1. The number of para-hydroxylation sites is 1. The Kier molecular flexibility index (Phi) is 5.13. The molecule has 1 saturated heterocycles. The van der Waals surface area contributed by atoms with Gasteiger partial charge in [-0.25, -0.2) is 4.98 Å². The topological polar surface area (TPSA) is 92.1 Å². The predicted octanol–water partition coefficient (Wildman–Crippen LogP) is 1.55. The number of anilines is 1. The zero-order chi connectivity index (χ0) is 17.1. The van der Waals surface area contributed by atoms with Crippen LogP contribution in [0.2, 0.25) is 0 Å². The molecule has 6 nitrogen and oxygen atoms in total. The van der Waals surface area contributed by atoms with Crippen molar-refractivity contribution in [1.29, 1.82) is 0 Å². The number of hydrogen-bond acceptors (Lipinski definition) is 6. The average Bonchev–Trinajstić information content (AvgIpc) is 3.13. The molecule has 1 amide bonds. The van der Waals surface area contributed by atoms with Crippen LogP contribution in [0.1, 0.15) is 19.5 Å². The number of nitrogens with one attached hydrogen (secondary N) is 3. The maximum Gasteiger partial charge on any atom is 0.226 e. The van der Waals surface area contributed by atoms with Crippen molar-refractivity contribution in [1.82, 2.24) is 21.2 Å². The summed E-state index contributed by atoms with van der Waals surface area (Å²) in [5.74, 6) is 0.378. The van der Waals surface area contributed by atoms with Gasteiger partial charge in [-0.15, -0.1) is 11.3 Å². The molecule has 7 heteroatoms. The highest BCUT2D eigenvalue weighted by molar-refractivity contribution is 7.13. The number of hydrazine groups is 1. The molecule has 1 aliphatic rings. The Labute approximate surface area is 145 Å². The predicted molar refractivity (Wildman–Crippen MR) is 97.4 cm³/mol. The molecule has 0 bridgehead atoms. The number of rotatable bonds is 5. The molecule has 0 aliphatic carbocycles. The smallest absolute Gasteiger partial charge is 0.226 e. The number of benzene rings is 1. The van der Waals surface area contributed by atoms with Crippen molar-refractivity contribution in [2.24, 2.45) is 5.92 Å². The first-order valence-electron chi connectivity index (χ1n) is 8.11. The maximum absolute atomic E-state index is 12.2. The zero-order valence-electron chi connectivity index (χ0n) is 13.9. The molecule has 2 atom stereocenters. The highest BCUT2D eigenvalue weighted by Gasteiger charge is 2.29. The minimum Gasteiger partial charge on any atom is -0.398 e. The van der Waals surface area contributed by atoms with Crippen molar-refractivity contribution in [2.45, 2.75) is 32.4 Å². The minimum atomic E-state index is -0.000756. The lowest BCUT2D eigenvalue weighted by Crippen LogP contribution is -2.37. The standard InChI is InChI=1S/C17H23N5OS/c1-10-14(11(2)22-21-10)8-19-16(23)7-12-9-24-17(20-12)13-5-3-4-6-15(13)18/h3-6,9-11,14,21-22H,7-8,18H2,1-2H3,(H,19,23). The zero-order valence-corrected chi connectivity index (χ0v) is 14.7. The molecule has 2 heterocycles. The van der Waals surface area contributed by atoms with Gasteiger partial charge in [-0.2, -0.15) is 0 Å². The van der Waals surface area contributed by atoms with Gasteiger partial charge in [0, 0.05) is 41.2 Å². The fraction of sp³-hybridized carbons (Fsp3) is 0.412. The van der Waals surface area contributed by atoms with Crippen molar-refractivity contribution in [2.75, 3.05) is 12.3 Å². The summed E-state index contributed by atoms with van der Waals surface area (Å²) < 4.78 is 0. The summed E-state index contributed by atoms with van der Waals surface area (Å²) in [4.78, 5) is 16.7. The molecule has 5 N–H and O–H groups in total. The second-order valence-electron chi connectivity index (χ2n) is 6.24. The van der Waals surface area contributed by atoms with Crippen LogP contribution in [0.5, 0.6) is 0 Å². The van der Waals surface area contributed by atoms with E-state index in [4.69, 9.17) is 5.73 Å². The van der Waals surface area contributed by atoms with Crippen LogP contribution in [0.15, 0.2) is 29.6 Å². The Morgan fingerprint density at radius 3 is 2.71 bits per heavy atom. The number of carbonyl (C=O) groups excluding carboxylic acids is 1. The van der Waals surface area contributed by atoms with Crippen molar-refractivity contribution in [3.8, 4) is 10.6 Å². The average molecular weight is 345 g/mol. The van der Waals surface area contributed by atoms with Crippen LogP contribution in [-0.4, -0.2) is 29.5 Å². The first-order valence-corrected chi connectivity index (χ1v) is 8.99. The maximum atomic E-state index is 12.2. The van der Waals surface area contributed by atoms with E-state index in [1.807, 2.05) is 29.6 Å². The van der Waals surface area contributed by atoms with Crippen molar-refractivity contribution in [3.63, 3.8) is 0 Å². The molecule has 24 heavy (non-hydrogen) atoms. The van der Waals surface area contributed by atoms with Gasteiger partial charge in [0.25, 0.3) is 0 Å². The number of nitrogens with two attached hydrogens (primary N) is 1. The SMILES string of the molecule is CC1NNC(C)C1CNC(=O)Cc1csc(-c2ccccc2N)n1. The van der Waals surface area contributed by atoms with Crippen molar-refractivity contribution in [3.05, 3.63) is 35.3 Å². The fourth-order valence-corrected chi connectivity index (χ4v) is 3.79. The molecule has 3 rings (SSSR count). The van der Waals surface area contributed by atoms with Crippen LogP contribution in [0.3, 0.4) is 0 Å². The highest BCUT2D eigenvalue weighted by atomic mass is 32.1. The van der Waals surface area contributed by atoms with Gasteiger partial charge >= 0.3 is 0 Å². The number of amides is 1. The molecule has 2 aromatic rings. The molecular formula is C17H23N5OS. The van der Waals surface area contributed by atoms with Gasteiger partial charge in [-0.3, -0.25) is 15.6 Å². The second-order valence-corrected chi connectivity index (χ2v) is 7.10. The van der Waals surface area contributed by atoms with E-state index in [9.17, 15) is 4.79 Å². The van der Waals surface area contributed by atoms with Gasteiger partial charge < -0.3 is 11.1 Å². The molecule has 1 aromatic heterocycles. The third-order valence-electron chi connectivity index (χ3n) is 4.44. The van der Waals surface area contributed by atoms with E-state index in [2.05, 4.69) is 35.0 Å². The second kappa shape index (κ2) is 7.29. The van der Waals surface area contributed by atoms with Gasteiger partial charge in [0.1, 0.15) is 5.01 Å². The first-order chi connectivity index (χ1) is 11.5. The lowest BCUT2D eigenvalue weighted by molar-refractivity contribution is -0.120. The molecule has 0 saturated carbocycles. The van der Waals surface area contributed by atoms with Gasteiger partial charge in [-0.05, 0) is 26.0 Å². The molecule has 0 spiro atoms. The van der Waals surface area contributed by atoms with E-state index in [-0.39, 0.29) is 5.91 Å². The summed E-state index contributed by atoms with van der Waals surface area (Å²) >= 11 is 1.51. The summed E-state index contributed by atoms with van der Waals surface area (Å²) in [5.41, 5.74) is 14.8. The largest absolute Gasteiger partial charge is 0.398 e. The Hall–Kier alpha value is -1.96. The van der Waals surface area contributed by atoms with E-state index in [0.29, 0.717) is 36.7 Å². The van der Waals surface area contributed by atoms with E-state index < -0.39 is 0 Å². The van der Waals surface area contributed by atoms with Gasteiger partial charge in [-0.1, -0.05) is 12.1 Å². The molecule has 0 radical (unpaired) electrons. The monoisotopic (exact) mass is 345 g/mol. The summed E-state index contributed by atoms with van der Waals surface area (Å²) in [5, 5.41) is 5.79. The lowest BCUT2D eigenvalue weighted by atomic mass is 9.97. The number of aromatic nitrogens is 1. The summed E-state index contributed by atoms with van der Waals surface area (Å²) in [6.45, 7) is 4.89. The molecular weight excluding hydrogens is 322 g/mol. The molecule has 128 valence electrons. The lowest BCUT2D eigenvalue weighted by Gasteiger charge is -2.18. The van der Waals surface area contributed by atoms with Gasteiger partial charge in [0.15, 0.2) is 0 Å². The third-order valence-corrected chi connectivity index (χ3v) is 5.37. The van der Waals surface area contributed by atoms with Crippen LogP contribution < -0.4 is 21.9 Å². The Morgan fingerprint density at radius 1 is 1.29 bits per heavy atom. The van der Waals surface area contributed by atoms with Crippen molar-refractivity contribution < 1.29 is 4.79 Å². The van der Waals surface area contributed by atoms with Crippen LogP contribution >= 0.6 is 11.3 Å². The normalized spacial score (nSPS) is 23.3. The summed E-state index contributed by atoms with van der Waals surface area (Å²) in [6, 6.07) is 8.32. The van der Waals surface area contributed by atoms with E-state index in [1.165, 1.54) is 11.3 Å². The minimum absolute atomic E-state index is 0.000756. The highest BCUT2D eigenvalue weighted by Crippen LogP contribution is 2.28. The molecule has 1 fully saturated rings. The quantitative estimate of drug-likeness (QED) is 0.617. The first kappa shape index (κ1) is 16.9. The van der Waals surface area contributed by atoms with Crippen LogP contribution in [0, 0.1) is 5.92 Å². The Balaban J connectivity index is 1.57. The Morgan fingerprint density at radius 2 is 2.00 bits per heavy atom. The van der Waals surface area contributed by atoms with E-state index in [1.54, 1.807) is 0 Å². The molecule has 1 aliphatic heterocycles. The van der Waals surface area contributed by atoms with Crippen LogP contribution in [-0.2, 0) is 11.2 Å². The summed E-state index contributed by atoms with van der Waals surface area (Å²) in [6.07, 6.45) is 0.291. The van der Waals surface area contributed by atoms with Crippen molar-refractivity contribution >= 4 is 22.9 Å². The number of nitrogen functional groups attached to an aromatic ring is 1. The number of hydrogen-bond donors (Lipinski definition) is 4. The van der Waals surface area contributed by atoms with E-state index in [0.717, 1.165) is 16.3 Å². The third kappa shape index (κ3) is 3.75. The van der Waals surface area contributed by atoms with E-state index >= 15 is 0 Å². The molecule has 1 aromatic carbocycles. The van der Waals surface area contributed by atoms with Crippen LogP contribution in [0.25, 0.3) is 10.6 Å². The summed E-state index contributed by atoms with van der Waals surface area (Å²) in [7, 11) is 0.